The molecule has 2 aliphatic heterocycles. The number of hydrogen-bond acceptors (Lipinski definition) is 3. The highest BCUT2D eigenvalue weighted by atomic mass is 16.2. The molecule has 0 radical (unpaired) electrons. The summed E-state index contributed by atoms with van der Waals surface area (Å²) in [6.07, 6.45) is 8.09. The van der Waals surface area contributed by atoms with Crippen LogP contribution in [-0.4, -0.2) is 47.8 Å². The molecule has 0 spiro atoms. The zero-order valence-electron chi connectivity index (χ0n) is 15.3. The number of hydrogen-bond donors (Lipinski definition) is 2. The molecule has 1 aliphatic carbocycles. The van der Waals surface area contributed by atoms with Crippen LogP contribution in [0.4, 0.5) is 0 Å². The molecule has 25 heavy (non-hydrogen) atoms. The number of nitrogens with one attached hydrogen (secondary N) is 2. The number of carbonyl (C=O) groups excluding carboxylic acids is 3. The molecule has 2 N–H and O–H groups in total. The second kappa shape index (κ2) is 8.19. The third-order valence-corrected chi connectivity index (χ3v) is 6.11. The summed E-state index contributed by atoms with van der Waals surface area (Å²) in [5.41, 5.74) is 0. The maximum Gasteiger partial charge on any atom is 0.222 e. The molecule has 0 aromatic carbocycles. The van der Waals surface area contributed by atoms with Gasteiger partial charge in [-0.15, -0.1) is 0 Å². The SMILES string of the molecule is C[C@@H]1CN(C(=O)CCC2CCC2)C[C@@H]1NC(=O)CCC1CCC(=O)N1. The fourth-order valence-electron chi connectivity index (χ4n) is 4.10. The molecule has 6 nitrogen and oxygen atoms in total. The molecule has 1 saturated carbocycles. The molecule has 6 heteroatoms. The van der Waals surface area contributed by atoms with Gasteiger partial charge < -0.3 is 15.5 Å². The van der Waals surface area contributed by atoms with Gasteiger partial charge in [0.25, 0.3) is 0 Å². The van der Waals surface area contributed by atoms with Crippen LogP contribution in [0.15, 0.2) is 0 Å². The van der Waals surface area contributed by atoms with Crippen molar-refractivity contribution in [3.05, 3.63) is 0 Å². The molecule has 2 saturated heterocycles. The smallest absolute Gasteiger partial charge is 0.222 e. The summed E-state index contributed by atoms with van der Waals surface area (Å²) in [5.74, 6) is 1.41. The van der Waals surface area contributed by atoms with Crippen LogP contribution in [0.3, 0.4) is 0 Å². The topological polar surface area (TPSA) is 78.5 Å². The Bertz CT molecular complexity index is 518. The van der Waals surface area contributed by atoms with Gasteiger partial charge in [0, 0.05) is 38.4 Å². The van der Waals surface area contributed by atoms with Crippen LogP contribution >= 0.6 is 0 Å². The van der Waals surface area contributed by atoms with Gasteiger partial charge in [0.1, 0.15) is 0 Å². The third-order valence-electron chi connectivity index (χ3n) is 6.11. The largest absolute Gasteiger partial charge is 0.353 e. The van der Waals surface area contributed by atoms with E-state index in [1.54, 1.807) is 0 Å². The Balaban J connectivity index is 1.36. The highest BCUT2D eigenvalue weighted by molar-refractivity contribution is 5.79. The standard InChI is InChI=1S/C19H31N3O3/c1-13-11-22(19(25)10-5-14-3-2-4-14)12-16(13)21-18(24)9-7-15-6-8-17(23)20-15/h13-16H,2-12H2,1H3,(H,20,23)(H,21,24)/t13-,15?,16+/m1/s1. The van der Waals surface area contributed by atoms with Crippen LogP contribution in [0.2, 0.25) is 0 Å². The van der Waals surface area contributed by atoms with E-state index in [0.717, 1.165) is 25.3 Å². The minimum atomic E-state index is 0.0294. The van der Waals surface area contributed by atoms with Crippen molar-refractivity contribution in [2.24, 2.45) is 11.8 Å². The van der Waals surface area contributed by atoms with Crippen molar-refractivity contribution in [3.8, 4) is 0 Å². The number of likely N-dealkylation sites (tertiary alicyclic amines) is 1. The van der Waals surface area contributed by atoms with Gasteiger partial charge >= 0.3 is 0 Å². The van der Waals surface area contributed by atoms with Crippen molar-refractivity contribution < 1.29 is 14.4 Å². The number of amides is 3. The first-order valence-electron chi connectivity index (χ1n) is 9.87. The van der Waals surface area contributed by atoms with Crippen molar-refractivity contribution in [2.75, 3.05) is 13.1 Å². The molecule has 0 aromatic heterocycles. The molecule has 3 amide bonds. The summed E-state index contributed by atoms with van der Waals surface area (Å²) in [6, 6.07) is 0.196. The monoisotopic (exact) mass is 349 g/mol. The average Bonchev–Trinajstić information content (AvgIpc) is 3.10. The summed E-state index contributed by atoms with van der Waals surface area (Å²) in [6.45, 7) is 3.48. The molecule has 0 aromatic rings. The maximum absolute atomic E-state index is 12.4. The van der Waals surface area contributed by atoms with E-state index >= 15 is 0 Å². The second-order valence-electron chi connectivity index (χ2n) is 8.13. The predicted molar refractivity (Wildman–Crippen MR) is 94.6 cm³/mol. The summed E-state index contributed by atoms with van der Waals surface area (Å²) < 4.78 is 0. The maximum atomic E-state index is 12.4. The van der Waals surface area contributed by atoms with Crippen molar-refractivity contribution in [3.63, 3.8) is 0 Å². The van der Waals surface area contributed by atoms with E-state index in [0.29, 0.717) is 38.1 Å². The van der Waals surface area contributed by atoms with Crippen LogP contribution < -0.4 is 10.6 Å². The van der Waals surface area contributed by atoms with E-state index in [-0.39, 0.29) is 29.8 Å². The lowest BCUT2D eigenvalue weighted by Crippen LogP contribution is -2.41. The van der Waals surface area contributed by atoms with Crippen molar-refractivity contribution in [1.82, 2.24) is 15.5 Å². The minimum Gasteiger partial charge on any atom is -0.353 e. The van der Waals surface area contributed by atoms with Crippen molar-refractivity contribution in [2.45, 2.75) is 76.8 Å². The van der Waals surface area contributed by atoms with E-state index in [4.69, 9.17) is 0 Å². The van der Waals surface area contributed by atoms with Gasteiger partial charge in [0.15, 0.2) is 0 Å². The minimum absolute atomic E-state index is 0.0294. The molecule has 3 atom stereocenters. The van der Waals surface area contributed by atoms with Crippen LogP contribution in [0.25, 0.3) is 0 Å². The Hall–Kier alpha value is -1.59. The Kier molecular flexibility index (Phi) is 5.97. The fourth-order valence-corrected chi connectivity index (χ4v) is 4.10. The summed E-state index contributed by atoms with van der Waals surface area (Å²) in [7, 11) is 0. The number of rotatable bonds is 7. The van der Waals surface area contributed by atoms with Crippen LogP contribution in [0, 0.1) is 11.8 Å². The Morgan fingerprint density at radius 2 is 1.96 bits per heavy atom. The second-order valence-corrected chi connectivity index (χ2v) is 8.13. The van der Waals surface area contributed by atoms with E-state index < -0.39 is 0 Å². The first-order chi connectivity index (χ1) is 12.0. The molecular weight excluding hydrogens is 318 g/mol. The average molecular weight is 349 g/mol. The molecule has 140 valence electrons. The molecule has 0 bridgehead atoms. The molecule has 3 fully saturated rings. The zero-order valence-corrected chi connectivity index (χ0v) is 15.3. The van der Waals surface area contributed by atoms with Gasteiger partial charge in [-0.25, -0.2) is 0 Å². The van der Waals surface area contributed by atoms with E-state index in [1.807, 2.05) is 4.90 Å². The van der Waals surface area contributed by atoms with Crippen LogP contribution in [0.1, 0.15) is 64.7 Å². The predicted octanol–water partition coefficient (Wildman–Crippen LogP) is 1.59. The molecule has 3 rings (SSSR count). The van der Waals surface area contributed by atoms with E-state index in [2.05, 4.69) is 17.6 Å². The zero-order chi connectivity index (χ0) is 17.8. The molecular formula is C19H31N3O3. The van der Waals surface area contributed by atoms with Crippen LogP contribution in [-0.2, 0) is 14.4 Å². The number of nitrogens with zero attached hydrogens (tertiary/aromatic N) is 1. The Morgan fingerprint density at radius 3 is 2.60 bits per heavy atom. The van der Waals surface area contributed by atoms with Gasteiger partial charge in [0.05, 0.1) is 6.04 Å². The molecule has 2 heterocycles. The first-order valence-corrected chi connectivity index (χ1v) is 9.87. The van der Waals surface area contributed by atoms with Gasteiger partial charge in [-0.3, -0.25) is 14.4 Å². The van der Waals surface area contributed by atoms with Crippen molar-refractivity contribution >= 4 is 17.7 Å². The highest BCUT2D eigenvalue weighted by Crippen LogP contribution is 2.31. The lowest BCUT2D eigenvalue weighted by molar-refractivity contribution is -0.131. The first kappa shape index (κ1) is 18.2. The van der Waals surface area contributed by atoms with Gasteiger partial charge in [-0.1, -0.05) is 26.2 Å². The summed E-state index contributed by atoms with van der Waals surface area (Å²) in [5, 5.41) is 5.98. The van der Waals surface area contributed by atoms with E-state index in [9.17, 15) is 14.4 Å². The van der Waals surface area contributed by atoms with Crippen LogP contribution in [0.5, 0.6) is 0 Å². The highest BCUT2D eigenvalue weighted by Gasteiger charge is 2.33. The molecule has 3 aliphatic rings. The van der Waals surface area contributed by atoms with E-state index in [1.165, 1.54) is 19.3 Å². The van der Waals surface area contributed by atoms with Gasteiger partial charge in [-0.2, -0.15) is 0 Å². The van der Waals surface area contributed by atoms with Gasteiger partial charge in [0.2, 0.25) is 17.7 Å². The lowest BCUT2D eigenvalue weighted by Gasteiger charge is -2.26. The fraction of sp³-hybridized carbons (Fsp3) is 0.842. The normalized spacial score (nSPS) is 29.4. The van der Waals surface area contributed by atoms with Gasteiger partial charge in [-0.05, 0) is 31.1 Å². The molecule has 1 unspecified atom stereocenters. The Labute approximate surface area is 150 Å². The number of carbonyl (C=O) groups is 3. The quantitative estimate of drug-likeness (QED) is 0.733. The Morgan fingerprint density at radius 1 is 1.16 bits per heavy atom. The summed E-state index contributed by atoms with van der Waals surface area (Å²) >= 11 is 0. The third kappa shape index (κ3) is 4.95. The summed E-state index contributed by atoms with van der Waals surface area (Å²) in [4.78, 5) is 37.7. The lowest BCUT2D eigenvalue weighted by atomic mass is 9.82. The van der Waals surface area contributed by atoms with Crippen molar-refractivity contribution in [1.29, 1.82) is 0 Å².